The summed E-state index contributed by atoms with van der Waals surface area (Å²) in [5, 5.41) is 5.10. The molecule has 4 heteroatoms. The van der Waals surface area contributed by atoms with Gasteiger partial charge in [0.1, 0.15) is 0 Å². The summed E-state index contributed by atoms with van der Waals surface area (Å²) in [7, 11) is 0. The van der Waals surface area contributed by atoms with Gasteiger partial charge < -0.3 is 9.71 Å². The maximum absolute atomic E-state index is 2.83. The van der Waals surface area contributed by atoms with E-state index in [1.165, 1.54) is 122 Å². The van der Waals surface area contributed by atoms with Crippen molar-refractivity contribution in [1.82, 2.24) is 0 Å². The number of anilines is 5. The molecule has 0 aliphatic carbocycles. The van der Waals surface area contributed by atoms with Crippen molar-refractivity contribution in [1.29, 1.82) is 0 Å². The van der Waals surface area contributed by atoms with Crippen molar-refractivity contribution in [3.8, 4) is 22.3 Å². The molecule has 4 aliphatic rings. The minimum atomic E-state index is -0.0598. The number of nitrogens with zero attached hydrogens (tertiary/aromatic N) is 2. The molecule has 12 rings (SSSR count). The standard InChI is InChI=1S/C60H58B2N2/c1-57(2,3)36-21-24-42-45-26-28-52-54-56(45)64-55-46(43-25-22-37(58(4,5)6)32-48(43)62(64)47(42)31-36)30-39(60(10,11)12)34-50(55)61(54)49-33-38(59(7,8)9)23-27-51(49)63(52)53-29-35-17-13-14-18-40(35)41-19-15-16-20-44(41)53/h13-34H,1-12H3. The van der Waals surface area contributed by atoms with Gasteiger partial charge in [0.15, 0.2) is 0 Å². The normalized spacial score (nSPS) is 14.8. The average Bonchev–Trinajstić information content (AvgIpc) is 3.25. The maximum Gasteiger partial charge on any atom is 0.329 e. The molecular formula is C60H58B2N2. The molecule has 4 heterocycles. The zero-order chi connectivity index (χ0) is 44.6. The lowest BCUT2D eigenvalue weighted by Crippen LogP contribution is -2.69. The molecule has 0 amide bonds. The molecule has 0 unspecified atom stereocenters. The van der Waals surface area contributed by atoms with Gasteiger partial charge in [-0.1, -0.05) is 192 Å². The third-order valence-corrected chi connectivity index (χ3v) is 15.2. The van der Waals surface area contributed by atoms with E-state index in [1.54, 1.807) is 0 Å². The molecule has 2 nitrogen and oxygen atoms in total. The summed E-state index contributed by atoms with van der Waals surface area (Å²) < 4.78 is 0. The Bertz CT molecular complexity index is 3350. The van der Waals surface area contributed by atoms with E-state index in [4.69, 9.17) is 0 Å². The fourth-order valence-electron chi connectivity index (χ4n) is 11.7. The molecule has 0 radical (unpaired) electrons. The van der Waals surface area contributed by atoms with Crippen molar-refractivity contribution in [2.45, 2.75) is 105 Å². The van der Waals surface area contributed by atoms with Crippen LogP contribution in [0.3, 0.4) is 0 Å². The molecule has 0 N–H and O–H groups in total. The van der Waals surface area contributed by atoms with E-state index in [0.29, 0.717) is 0 Å². The van der Waals surface area contributed by atoms with Crippen molar-refractivity contribution in [2.75, 3.05) is 9.71 Å². The Hall–Kier alpha value is -5.99. The first-order chi connectivity index (χ1) is 30.3. The quantitative estimate of drug-likeness (QED) is 0.120. The molecule has 0 saturated carbocycles. The van der Waals surface area contributed by atoms with Crippen molar-refractivity contribution >= 4 is 90.9 Å². The SMILES string of the molecule is CC(C)(C)c1ccc2c(c1)B1c3cc(C(C)(C)C)ccc3-c3ccc4c5c3N1c1c(cc(C(C)(C)C)cc1-2)B5c1cc(C(C)(C)C)ccc1N4c1cc2ccccc2c2ccccc12. The Morgan fingerprint density at radius 3 is 1.48 bits per heavy atom. The molecule has 0 saturated heterocycles. The van der Waals surface area contributed by atoms with Crippen LogP contribution in [0.25, 0.3) is 43.8 Å². The monoisotopic (exact) mass is 828 g/mol. The summed E-state index contributed by atoms with van der Waals surface area (Å²) in [4.78, 5) is 5.48. The van der Waals surface area contributed by atoms with E-state index < -0.39 is 0 Å². The van der Waals surface area contributed by atoms with Crippen LogP contribution in [0.15, 0.2) is 133 Å². The van der Waals surface area contributed by atoms with Crippen LogP contribution in [0.5, 0.6) is 0 Å². The summed E-state index contributed by atoms with van der Waals surface area (Å²) in [5.41, 5.74) is 24.4. The largest absolute Gasteiger partial charge is 0.377 e. The van der Waals surface area contributed by atoms with Gasteiger partial charge >= 0.3 is 6.85 Å². The zero-order valence-electron chi connectivity index (χ0n) is 39.8. The molecule has 0 aromatic heterocycles. The van der Waals surface area contributed by atoms with E-state index >= 15 is 0 Å². The molecule has 64 heavy (non-hydrogen) atoms. The summed E-state index contributed by atoms with van der Waals surface area (Å²) in [6, 6.07) is 52.9. The Morgan fingerprint density at radius 2 is 0.859 bits per heavy atom. The van der Waals surface area contributed by atoms with Crippen LogP contribution < -0.4 is 37.0 Å². The second-order valence-electron chi connectivity index (χ2n) is 23.4. The predicted octanol–water partition coefficient (Wildman–Crippen LogP) is 12.7. The Morgan fingerprint density at radius 1 is 0.359 bits per heavy atom. The van der Waals surface area contributed by atoms with E-state index in [9.17, 15) is 0 Å². The molecular weight excluding hydrogens is 770 g/mol. The minimum Gasteiger partial charge on any atom is -0.377 e. The van der Waals surface area contributed by atoms with E-state index in [0.717, 1.165) is 0 Å². The highest BCUT2D eigenvalue weighted by atomic mass is 15.2. The topological polar surface area (TPSA) is 6.48 Å². The third kappa shape index (κ3) is 5.47. The van der Waals surface area contributed by atoms with Gasteiger partial charge in [-0.25, -0.2) is 0 Å². The summed E-state index contributed by atoms with van der Waals surface area (Å²) >= 11 is 0. The van der Waals surface area contributed by atoms with Crippen LogP contribution in [-0.2, 0) is 21.7 Å². The van der Waals surface area contributed by atoms with E-state index in [1.807, 2.05) is 0 Å². The van der Waals surface area contributed by atoms with Gasteiger partial charge in [0, 0.05) is 39.3 Å². The third-order valence-electron chi connectivity index (χ3n) is 15.2. The van der Waals surface area contributed by atoms with Crippen LogP contribution >= 0.6 is 0 Å². The molecule has 8 aromatic carbocycles. The Balaban J connectivity index is 1.27. The minimum absolute atomic E-state index is 0.000147. The van der Waals surface area contributed by atoms with Gasteiger partial charge in [-0.2, -0.15) is 0 Å². The molecule has 0 fully saturated rings. The summed E-state index contributed by atoms with van der Waals surface area (Å²) in [5.74, 6) is 0. The molecule has 0 spiro atoms. The van der Waals surface area contributed by atoms with Crippen molar-refractivity contribution < 1.29 is 0 Å². The van der Waals surface area contributed by atoms with Crippen LogP contribution in [0.2, 0.25) is 0 Å². The summed E-state index contributed by atoms with van der Waals surface area (Å²) in [6.07, 6.45) is 0. The Labute approximate surface area is 381 Å². The van der Waals surface area contributed by atoms with Crippen LogP contribution in [-0.4, -0.2) is 13.6 Å². The summed E-state index contributed by atoms with van der Waals surface area (Å²) in [6.45, 7) is 28.5. The molecule has 0 bridgehead atoms. The fourth-order valence-corrected chi connectivity index (χ4v) is 11.7. The fraction of sp³-hybridized carbons (Fsp3) is 0.267. The van der Waals surface area contributed by atoms with E-state index in [2.05, 4.69) is 226 Å². The lowest BCUT2D eigenvalue weighted by Gasteiger charge is -2.52. The maximum atomic E-state index is 2.83. The number of rotatable bonds is 1. The predicted molar refractivity (Wildman–Crippen MR) is 280 cm³/mol. The van der Waals surface area contributed by atoms with Gasteiger partial charge in [-0.3, -0.25) is 0 Å². The van der Waals surface area contributed by atoms with Gasteiger partial charge in [0.05, 0.1) is 5.69 Å². The molecule has 314 valence electrons. The molecule has 0 atom stereocenters. The first kappa shape index (κ1) is 39.6. The van der Waals surface area contributed by atoms with Crippen LogP contribution in [0.1, 0.15) is 105 Å². The second kappa shape index (κ2) is 12.8. The highest BCUT2D eigenvalue weighted by Gasteiger charge is 2.53. The number of fused-ring (bicyclic) bond motifs is 12. The van der Waals surface area contributed by atoms with Crippen molar-refractivity contribution in [2.24, 2.45) is 0 Å². The van der Waals surface area contributed by atoms with Crippen LogP contribution in [0, 0.1) is 0 Å². The molecule has 8 aromatic rings. The number of benzene rings is 8. The lowest BCUT2D eigenvalue weighted by molar-refractivity contribution is 0.590. The molecule has 4 aliphatic heterocycles. The highest BCUT2D eigenvalue weighted by Crippen LogP contribution is 2.53. The highest BCUT2D eigenvalue weighted by molar-refractivity contribution is 7.03. The van der Waals surface area contributed by atoms with Gasteiger partial charge in [-0.15, -0.1) is 0 Å². The first-order valence-electron chi connectivity index (χ1n) is 23.6. The van der Waals surface area contributed by atoms with Crippen LogP contribution in [0.4, 0.5) is 28.4 Å². The number of hydrogen-bond donors (Lipinski definition) is 0. The van der Waals surface area contributed by atoms with E-state index in [-0.39, 0.29) is 35.2 Å². The van der Waals surface area contributed by atoms with Crippen molar-refractivity contribution in [3.05, 3.63) is 156 Å². The van der Waals surface area contributed by atoms with Gasteiger partial charge in [0.25, 0.3) is 6.71 Å². The second-order valence-corrected chi connectivity index (χ2v) is 23.4. The van der Waals surface area contributed by atoms with Gasteiger partial charge in [0.2, 0.25) is 0 Å². The zero-order valence-corrected chi connectivity index (χ0v) is 39.8. The lowest BCUT2D eigenvalue weighted by atomic mass is 9.30. The first-order valence-corrected chi connectivity index (χ1v) is 23.6. The smallest absolute Gasteiger partial charge is 0.329 e. The van der Waals surface area contributed by atoms with Gasteiger partial charge in [-0.05, 0) is 123 Å². The number of hydrogen-bond acceptors (Lipinski definition) is 2. The average molecular weight is 829 g/mol. The Kier molecular flexibility index (Phi) is 7.94. The van der Waals surface area contributed by atoms with Crippen molar-refractivity contribution in [3.63, 3.8) is 0 Å².